The van der Waals surface area contributed by atoms with Gasteiger partial charge in [0.25, 0.3) is 5.91 Å². The van der Waals surface area contributed by atoms with Gasteiger partial charge < -0.3 is 15.4 Å². The normalized spacial score (nSPS) is 19.1. The predicted molar refractivity (Wildman–Crippen MR) is 73.8 cm³/mol. The number of pyridine rings is 1. The molecule has 0 spiro atoms. The topological polar surface area (TPSA) is 68.5 Å². The number of halogens is 1. The highest BCUT2D eigenvalue weighted by Crippen LogP contribution is 2.19. The zero-order valence-corrected chi connectivity index (χ0v) is 11.6. The van der Waals surface area contributed by atoms with Crippen LogP contribution in [0.3, 0.4) is 0 Å². The number of hydrogen-bond donors (Lipinski definition) is 1. The number of likely N-dealkylation sites (tertiary alicyclic amines) is 1. The summed E-state index contributed by atoms with van der Waals surface area (Å²) in [6, 6.07) is 1.14. The molecular weight excluding hydrogens is 261 g/mol. The van der Waals surface area contributed by atoms with Crippen LogP contribution in [0, 0.1) is 5.82 Å². The molecule has 20 heavy (non-hydrogen) atoms. The number of piperidine rings is 1. The Hall–Kier alpha value is -1.69. The molecule has 1 amide bonds. The number of amides is 1. The van der Waals surface area contributed by atoms with Crippen LogP contribution in [-0.2, 0) is 4.74 Å². The van der Waals surface area contributed by atoms with Gasteiger partial charge in [-0.15, -0.1) is 0 Å². The minimum atomic E-state index is -0.557. The number of ether oxygens (including phenoxy) is 1. The molecule has 1 aromatic heterocycles. The summed E-state index contributed by atoms with van der Waals surface area (Å²) >= 11 is 0. The molecule has 1 aliphatic rings. The summed E-state index contributed by atoms with van der Waals surface area (Å²) < 4.78 is 18.9. The summed E-state index contributed by atoms with van der Waals surface area (Å²) in [5.74, 6) is -0.773. The molecule has 2 rings (SSSR count). The third-order valence-electron chi connectivity index (χ3n) is 3.34. The number of carbonyl (C=O) groups is 1. The van der Waals surface area contributed by atoms with Gasteiger partial charge in [-0.1, -0.05) is 6.92 Å². The van der Waals surface area contributed by atoms with Gasteiger partial charge in [0.2, 0.25) is 0 Å². The highest BCUT2D eigenvalue weighted by Gasteiger charge is 2.26. The van der Waals surface area contributed by atoms with Crippen LogP contribution >= 0.6 is 0 Å². The van der Waals surface area contributed by atoms with E-state index in [0.717, 1.165) is 31.5 Å². The Bertz CT molecular complexity index is 481. The number of carbonyl (C=O) groups excluding carboxylic acids is 1. The largest absolute Gasteiger partial charge is 0.383 e. The van der Waals surface area contributed by atoms with Crippen LogP contribution in [-0.4, -0.2) is 41.6 Å². The van der Waals surface area contributed by atoms with Gasteiger partial charge in [0.05, 0.1) is 17.9 Å². The van der Waals surface area contributed by atoms with Crippen LogP contribution in [0.1, 0.15) is 36.5 Å². The first-order valence-corrected chi connectivity index (χ1v) is 6.93. The standard InChI is InChI=1S/C14H20FN3O2/c1-2-6-20-11-4-3-5-18(9-11)14(19)12-7-10(15)8-17-13(12)16/h7-8,11H,2-6,9H2,1H3,(H2,16,17). The number of nitrogens with zero attached hydrogens (tertiary/aromatic N) is 2. The van der Waals surface area contributed by atoms with Crippen molar-refractivity contribution in [2.75, 3.05) is 25.4 Å². The second kappa shape index (κ2) is 6.65. The average Bonchev–Trinajstić information content (AvgIpc) is 2.47. The number of rotatable bonds is 4. The van der Waals surface area contributed by atoms with Gasteiger partial charge in [-0.2, -0.15) is 0 Å². The summed E-state index contributed by atoms with van der Waals surface area (Å²) in [6.07, 6.45) is 3.83. The van der Waals surface area contributed by atoms with Gasteiger partial charge in [0.15, 0.2) is 0 Å². The van der Waals surface area contributed by atoms with Crippen LogP contribution in [0.5, 0.6) is 0 Å². The zero-order valence-electron chi connectivity index (χ0n) is 11.6. The lowest BCUT2D eigenvalue weighted by Crippen LogP contribution is -2.43. The van der Waals surface area contributed by atoms with Crippen molar-refractivity contribution < 1.29 is 13.9 Å². The van der Waals surface area contributed by atoms with Crippen LogP contribution in [0.25, 0.3) is 0 Å². The van der Waals surface area contributed by atoms with Gasteiger partial charge >= 0.3 is 0 Å². The quantitative estimate of drug-likeness (QED) is 0.914. The van der Waals surface area contributed by atoms with Gasteiger partial charge in [0.1, 0.15) is 11.6 Å². The fourth-order valence-electron chi connectivity index (χ4n) is 2.33. The van der Waals surface area contributed by atoms with Crippen molar-refractivity contribution in [1.82, 2.24) is 9.88 Å². The summed E-state index contributed by atoms with van der Waals surface area (Å²) in [7, 11) is 0. The van der Waals surface area contributed by atoms with E-state index in [-0.39, 0.29) is 23.4 Å². The molecule has 0 aromatic carbocycles. The summed E-state index contributed by atoms with van der Waals surface area (Å²) in [5, 5.41) is 0. The van der Waals surface area contributed by atoms with Crippen molar-refractivity contribution in [2.24, 2.45) is 0 Å². The van der Waals surface area contributed by atoms with E-state index in [1.165, 1.54) is 0 Å². The molecule has 1 fully saturated rings. The van der Waals surface area contributed by atoms with Crippen molar-refractivity contribution >= 4 is 11.7 Å². The molecule has 0 saturated carbocycles. The van der Waals surface area contributed by atoms with Crippen LogP contribution in [0.4, 0.5) is 10.2 Å². The van der Waals surface area contributed by atoms with Gasteiger partial charge in [-0.25, -0.2) is 9.37 Å². The van der Waals surface area contributed by atoms with Crippen LogP contribution < -0.4 is 5.73 Å². The average molecular weight is 281 g/mol. The molecule has 2 heterocycles. The van der Waals surface area contributed by atoms with Gasteiger partial charge in [0, 0.05) is 19.7 Å². The van der Waals surface area contributed by atoms with E-state index in [9.17, 15) is 9.18 Å². The van der Waals surface area contributed by atoms with E-state index in [2.05, 4.69) is 4.98 Å². The number of hydrogen-bond acceptors (Lipinski definition) is 4. The molecular formula is C14H20FN3O2. The van der Waals surface area contributed by atoms with Crippen molar-refractivity contribution in [3.8, 4) is 0 Å². The number of anilines is 1. The Morgan fingerprint density at radius 3 is 3.20 bits per heavy atom. The van der Waals surface area contributed by atoms with Gasteiger partial charge in [-0.3, -0.25) is 4.79 Å². The molecule has 0 bridgehead atoms. The van der Waals surface area contributed by atoms with Crippen molar-refractivity contribution in [3.63, 3.8) is 0 Å². The minimum Gasteiger partial charge on any atom is -0.383 e. The zero-order chi connectivity index (χ0) is 14.5. The first kappa shape index (κ1) is 14.7. The maximum absolute atomic E-state index is 13.2. The van der Waals surface area contributed by atoms with E-state index >= 15 is 0 Å². The fourth-order valence-corrected chi connectivity index (χ4v) is 2.33. The Balaban J connectivity index is 2.06. The molecule has 5 nitrogen and oxygen atoms in total. The SMILES string of the molecule is CCCOC1CCCN(C(=O)c2cc(F)cnc2N)C1. The molecule has 2 N–H and O–H groups in total. The summed E-state index contributed by atoms with van der Waals surface area (Å²) in [4.78, 5) is 17.7. The lowest BCUT2D eigenvalue weighted by atomic mass is 10.1. The summed E-state index contributed by atoms with van der Waals surface area (Å²) in [5.41, 5.74) is 5.78. The Morgan fingerprint density at radius 2 is 2.45 bits per heavy atom. The third-order valence-corrected chi connectivity index (χ3v) is 3.34. The molecule has 110 valence electrons. The maximum Gasteiger partial charge on any atom is 0.257 e. The third kappa shape index (κ3) is 3.45. The molecule has 1 aromatic rings. The van der Waals surface area contributed by atoms with Gasteiger partial charge in [-0.05, 0) is 25.3 Å². The minimum absolute atomic E-state index is 0.0513. The van der Waals surface area contributed by atoms with Crippen molar-refractivity contribution in [1.29, 1.82) is 0 Å². The second-order valence-electron chi connectivity index (χ2n) is 4.97. The molecule has 0 radical (unpaired) electrons. The molecule has 1 atom stereocenters. The highest BCUT2D eigenvalue weighted by atomic mass is 19.1. The Labute approximate surface area is 117 Å². The highest BCUT2D eigenvalue weighted by molar-refractivity contribution is 5.98. The first-order chi connectivity index (χ1) is 9.61. The molecule has 0 aliphatic carbocycles. The van der Waals surface area contributed by atoms with E-state index in [0.29, 0.717) is 19.7 Å². The molecule has 6 heteroatoms. The smallest absolute Gasteiger partial charge is 0.257 e. The Morgan fingerprint density at radius 1 is 1.65 bits per heavy atom. The van der Waals surface area contributed by atoms with Crippen LogP contribution in [0.2, 0.25) is 0 Å². The lowest BCUT2D eigenvalue weighted by molar-refractivity contribution is 0.00212. The lowest BCUT2D eigenvalue weighted by Gasteiger charge is -2.32. The van der Waals surface area contributed by atoms with E-state index < -0.39 is 5.82 Å². The maximum atomic E-state index is 13.2. The summed E-state index contributed by atoms with van der Waals surface area (Å²) in [6.45, 7) is 3.90. The van der Waals surface area contributed by atoms with E-state index in [1.807, 2.05) is 6.92 Å². The fraction of sp³-hybridized carbons (Fsp3) is 0.571. The molecule has 1 aliphatic heterocycles. The van der Waals surface area contributed by atoms with E-state index in [4.69, 9.17) is 10.5 Å². The van der Waals surface area contributed by atoms with Crippen molar-refractivity contribution in [3.05, 3.63) is 23.6 Å². The molecule has 1 unspecified atom stereocenters. The second-order valence-corrected chi connectivity index (χ2v) is 4.97. The molecule has 1 saturated heterocycles. The number of nitrogen functional groups attached to an aromatic ring is 1. The van der Waals surface area contributed by atoms with Crippen LogP contribution in [0.15, 0.2) is 12.3 Å². The Kier molecular flexibility index (Phi) is 4.89. The monoisotopic (exact) mass is 281 g/mol. The number of nitrogens with two attached hydrogens (primary N) is 1. The predicted octanol–water partition coefficient (Wildman–Crippen LogP) is 1.83. The van der Waals surface area contributed by atoms with E-state index in [1.54, 1.807) is 4.90 Å². The first-order valence-electron chi connectivity index (χ1n) is 6.93. The van der Waals surface area contributed by atoms with Crippen molar-refractivity contribution in [2.45, 2.75) is 32.3 Å². The number of aromatic nitrogens is 1.